The number of hydrogen-bond donors (Lipinski definition) is 2. The molecule has 21 heavy (non-hydrogen) atoms. The Bertz CT molecular complexity index is 722. The third-order valence-electron chi connectivity index (χ3n) is 3.16. The fraction of sp³-hybridized carbons (Fsp3) is 0.214. The molecule has 0 aliphatic carbocycles. The molecule has 1 unspecified atom stereocenters. The zero-order chi connectivity index (χ0) is 15.5. The van der Waals surface area contributed by atoms with Crippen molar-refractivity contribution in [3.8, 4) is 0 Å². The molecule has 0 aliphatic rings. The van der Waals surface area contributed by atoms with Crippen LogP contribution in [0.25, 0.3) is 0 Å². The summed E-state index contributed by atoms with van der Waals surface area (Å²) in [5.74, 6) is -0.905. The Morgan fingerprint density at radius 2 is 1.90 bits per heavy atom. The van der Waals surface area contributed by atoms with Crippen LogP contribution in [0.1, 0.15) is 12.5 Å². The third kappa shape index (κ3) is 3.26. The number of nitrogens with one attached hydrogen (secondary N) is 1. The lowest BCUT2D eigenvalue weighted by molar-refractivity contribution is 0.437. The van der Waals surface area contributed by atoms with Crippen LogP contribution in [0.3, 0.4) is 0 Å². The molecule has 112 valence electrons. The number of hydrogen-bond acceptors (Lipinski definition) is 4. The maximum atomic E-state index is 13.7. The molecule has 7 heteroatoms. The van der Waals surface area contributed by atoms with Crippen molar-refractivity contribution in [2.75, 3.05) is 6.54 Å². The van der Waals surface area contributed by atoms with E-state index in [1.807, 2.05) is 6.07 Å². The van der Waals surface area contributed by atoms with Gasteiger partial charge in [-0.25, -0.2) is 17.8 Å². The van der Waals surface area contributed by atoms with Crippen molar-refractivity contribution >= 4 is 10.0 Å². The van der Waals surface area contributed by atoms with Crippen LogP contribution in [0.5, 0.6) is 0 Å². The van der Waals surface area contributed by atoms with Crippen LogP contribution in [-0.4, -0.2) is 19.9 Å². The summed E-state index contributed by atoms with van der Waals surface area (Å²) in [6.45, 7) is 1.66. The van der Waals surface area contributed by atoms with Crippen molar-refractivity contribution in [2.24, 2.45) is 5.73 Å². The van der Waals surface area contributed by atoms with Crippen LogP contribution in [0.15, 0.2) is 53.7 Å². The standard InChI is InChI=1S/C14H16FN3O2S/c1-14(10-16,11-6-3-2-4-7-11)18-21(19,20)13-12(15)8-5-9-17-13/h2-9,18H,10,16H2,1H3. The summed E-state index contributed by atoms with van der Waals surface area (Å²) in [5, 5.41) is -0.638. The van der Waals surface area contributed by atoms with Crippen LogP contribution in [-0.2, 0) is 15.6 Å². The van der Waals surface area contributed by atoms with Crippen LogP contribution >= 0.6 is 0 Å². The highest BCUT2D eigenvalue weighted by Gasteiger charge is 2.33. The van der Waals surface area contributed by atoms with E-state index in [9.17, 15) is 12.8 Å². The Morgan fingerprint density at radius 3 is 2.48 bits per heavy atom. The van der Waals surface area contributed by atoms with Gasteiger partial charge < -0.3 is 5.73 Å². The molecule has 0 spiro atoms. The summed E-state index contributed by atoms with van der Waals surface area (Å²) in [4.78, 5) is 3.60. The first-order valence-electron chi connectivity index (χ1n) is 6.29. The number of nitrogens with zero attached hydrogens (tertiary/aromatic N) is 1. The zero-order valence-corrected chi connectivity index (χ0v) is 12.3. The lowest BCUT2D eigenvalue weighted by atomic mass is 9.94. The minimum absolute atomic E-state index is 0.0185. The summed E-state index contributed by atoms with van der Waals surface area (Å²) in [6.07, 6.45) is 1.22. The molecule has 0 bridgehead atoms. The lowest BCUT2D eigenvalue weighted by Gasteiger charge is -2.29. The molecule has 1 atom stereocenters. The second kappa shape index (κ2) is 5.88. The van der Waals surface area contributed by atoms with Crippen molar-refractivity contribution in [1.82, 2.24) is 9.71 Å². The van der Waals surface area contributed by atoms with E-state index in [2.05, 4.69) is 9.71 Å². The molecule has 1 aromatic heterocycles. The van der Waals surface area contributed by atoms with Gasteiger partial charge in [-0.1, -0.05) is 30.3 Å². The number of pyridine rings is 1. The molecule has 2 rings (SSSR count). The van der Waals surface area contributed by atoms with Gasteiger partial charge in [-0.15, -0.1) is 0 Å². The average Bonchev–Trinajstić information content (AvgIpc) is 2.48. The highest BCUT2D eigenvalue weighted by molar-refractivity contribution is 7.89. The van der Waals surface area contributed by atoms with Gasteiger partial charge in [0.05, 0.1) is 5.54 Å². The van der Waals surface area contributed by atoms with Crippen molar-refractivity contribution in [1.29, 1.82) is 0 Å². The minimum atomic E-state index is -4.12. The topological polar surface area (TPSA) is 85.1 Å². The van der Waals surface area contributed by atoms with Crippen LogP contribution < -0.4 is 10.5 Å². The van der Waals surface area contributed by atoms with Gasteiger partial charge in [0.2, 0.25) is 5.03 Å². The number of rotatable bonds is 5. The molecule has 0 amide bonds. The first-order chi connectivity index (χ1) is 9.89. The molecular formula is C14H16FN3O2S. The average molecular weight is 309 g/mol. The third-order valence-corrected chi connectivity index (χ3v) is 4.69. The molecule has 1 heterocycles. The number of nitrogens with two attached hydrogens (primary N) is 1. The van der Waals surface area contributed by atoms with Crippen molar-refractivity contribution < 1.29 is 12.8 Å². The van der Waals surface area contributed by atoms with Gasteiger partial charge in [0.25, 0.3) is 10.0 Å². The van der Waals surface area contributed by atoms with E-state index in [4.69, 9.17) is 5.73 Å². The van der Waals surface area contributed by atoms with Gasteiger partial charge in [0, 0.05) is 12.7 Å². The Labute approximate surface area is 123 Å². The number of halogens is 1. The summed E-state index contributed by atoms with van der Waals surface area (Å²) >= 11 is 0. The second-order valence-electron chi connectivity index (χ2n) is 4.80. The molecule has 0 saturated carbocycles. The first-order valence-corrected chi connectivity index (χ1v) is 7.77. The molecule has 0 fully saturated rings. The number of sulfonamides is 1. The van der Waals surface area contributed by atoms with Crippen molar-refractivity contribution in [2.45, 2.75) is 17.5 Å². The SMILES string of the molecule is CC(CN)(NS(=O)(=O)c1ncccc1F)c1ccccc1. The summed E-state index contributed by atoms with van der Waals surface area (Å²) < 4.78 is 40.8. The minimum Gasteiger partial charge on any atom is -0.328 e. The fourth-order valence-electron chi connectivity index (χ4n) is 1.94. The summed E-state index contributed by atoms with van der Waals surface area (Å²) in [7, 11) is -4.12. The quantitative estimate of drug-likeness (QED) is 0.873. The fourth-order valence-corrected chi connectivity index (χ4v) is 3.35. The number of benzene rings is 1. The maximum Gasteiger partial charge on any atom is 0.261 e. The maximum absolute atomic E-state index is 13.7. The molecule has 0 aliphatic heterocycles. The summed E-state index contributed by atoms with van der Waals surface area (Å²) in [5.41, 5.74) is 5.36. The van der Waals surface area contributed by atoms with E-state index >= 15 is 0 Å². The molecular weight excluding hydrogens is 293 g/mol. The molecule has 5 nitrogen and oxygen atoms in total. The molecule has 0 radical (unpaired) electrons. The van der Waals surface area contributed by atoms with E-state index in [0.29, 0.717) is 5.56 Å². The molecule has 0 saturated heterocycles. The molecule has 1 aromatic carbocycles. The van der Waals surface area contributed by atoms with Gasteiger partial charge in [-0.05, 0) is 24.6 Å². The predicted molar refractivity (Wildman–Crippen MR) is 77.4 cm³/mol. The van der Waals surface area contributed by atoms with E-state index in [-0.39, 0.29) is 6.54 Å². The van der Waals surface area contributed by atoms with Gasteiger partial charge in [0.1, 0.15) is 0 Å². The van der Waals surface area contributed by atoms with Gasteiger partial charge in [-0.3, -0.25) is 0 Å². The Kier molecular flexibility index (Phi) is 4.36. The normalized spacial score (nSPS) is 14.6. The van der Waals surface area contributed by atoms with Gasteiger partial charge in [0.15, 0.2) is 5.82 Å². The highest BCUT2D eigenvalue weighted by Crippen LogP contribution is 2.22. The molecule has 3 N–H and O–H groups in total. The smallest absolute Gasteiger partial charge is 0.261 e. The second-order valence-corrected chi connectivity index (χ2v) is 6.40. The molecule has 2 aromatic rings. The van der Waals surface area contributed by atoms with Crippen LogP contribution in [0, 0.1) is 5.82 Å². The predicted octanol–water partition coefficient (Wildman–Crippen LogP) is 1.37. The Balaban J connectivity index is 2.41. The lowest BCUT2D eigenvalue weighted by Crippen LogP contribution is -2.49. The van der Waals surface area contributed by atoms with E-state index in [1.54, 1.807) is 31.2 Å². The Morgan fingerprint density at radius 1 is 1.24 bits per heavy atom. The van der Waals surface area contributed by atoms with Crippen molar-refractivity contribution in [3.63, 3.8) is 0 Å². The van der Waals surface area contributed by atoms with Crippen LogP contribution in [0.4, 0.5) is 4.39 Å². The Hall–Kier alpha value is -1.83. The van der Waals surface area contributed by atoms with Gasteiger partial charge >= 0.3 is 0 Å². The van der Waals surface area contributed by atoms with E-state index in [0.717, 1.165) is 6.07 Å². The number of aromatic nitrogens is 1. The van der Waals surface area contributed by atoms with E-state index in [1.165, 1.54) is 12.3 Å². The van der Waals surface area contributed by atoms with Crippen molar-refractivity contribution in [3.05, 3.63) is 60.0 Å². The largest absolute Gasteiger partial charge is 0.328 e. The van der Waals surface area contributed by atoms with Crippen LogP contribution in [0.2, 0.25) is 0 Å². The highest BCUT2D eigenvalue weighted by atomic mass is 32.2. The van der Waals surface area contributed by atoms with Gasteiger partial charge in [-0.2, -0.15) is 4.72 Å². The van der Waals surface area contributed by atoms with E-state index < -0.39 is 26.4 Å². The summed E-state index contributed by atoms with van der Waals surface area (Å²) in [6, 6.07) is 11.2. The monoisotopic (exact) mass is 309 g/mol. The zero-order valence-electron chi connectivity index (χ0n) is 11.5. The first kappa shape index (κ1) is 15.6.